The van der Waals surface area contributed by atoms with Gasteiger partial charge in [0.2, 0.25) is 0 Å². The molecule has 1 nitrogen and oxygen atoms in total. The van der Waals surface area contributed by atoms with Crippen molar-refractivity contribution in [2.75, 3.05) is 0 Å². The average molecular weight is 656 g/mol. The zero-order valence-corrected chi connectivity index (χ0v) is 26.8. The van der Waals surface area contributed by atoms with Crippen LogP contribution in [0.3, 0.4) is 0 Å². The topological polar surface area (TPSA) is 9.23 Å². The molecule has 7 rings (SSSR count). The molecule has 2 aliphatic rings. The van der Waals surface area contributed by atoms with Gasteiger partial charge in [-0.1, -0.05) is 0 Å². The summed E-state index contributed by atoms with van der Waals surface area (Å²) in [6.07, 6.45) is 1.19. The molecule has 41 heavy (non-hydrogen) atoms. The van der Waals surface area contributed by atoms with E-state index in [0.717, 1.165) is 6.42 Å². The number of hydrogen-bond donors (Lipinski definition) is 0. The first-order valence-corrected chi connectivity index (χ1v) is 19.1. The van der Waals surface area contributed by atoms with Gasteiger partial charge in [-0.05, 0) is 0 Å². The summed E-state index contributed by atoms with van der Waals surface area (Å²) in [5, 5.41) is 4.92. The predicted octanol–water partition coefficient (Wildman–Crippen LogP) is 6.55. The van der Waals surface area contributed by atoms with Crippen molar-refractivity contribution in [1.29, 1.82) is 0 Å². The molecule has 2 aliphatic heterocycles. The van der Waals surface area contributed by atoms with Crippen LogP contribution >= 0.6 is 27.4 Å². The van der Waals surface area contributed by atoms with Gasteiger partial charge in [0.05, 0.1) is 0 Å². The van der Waals surface area contributed by atoms with E-state index in [-0.39, 0.29) is 26.4 Å². The normalized spacial score (nSPS) is 25.1. The van der Waals surface area contributed by atoms with Crippen LogP contribution in [0.15, 0.2) is 152 Å². The van der Waals surface area contributed by atoms with Crippen LogP contribution in [0.25, 0.3) is 0 Å². The fourth-order valence-electron chi connectivity index (χ4n) is 6.43. The summed E-state index contributed by atoms with van der Waals surface area (Å²) in [5.74, 6) is 0. The molecule has 2 fully saturated rings. The Kier molecular flexibility index (Phi) is 8.16. The third-order valence-electron chi connectivity index (χ3n) is 8.10. The van der Waals surface area contributed by atoms with Gasteiger partial charge < -0.3 is 0 Å². The molecule has 0 unspecified atom stereocenters. The summed E-state index contributed by atoms with van der Waals surface area (Å²) in [7, 11) is -1.64. The fourth-order valence-corrected chi connectivity index (χ4v) is 17.1. The second-order valence-electron chi connectivity index (χ2n) is 10.5. The van der Waals surface area contributed by atoms with Gasteiger partial charge in [-0.2, -0.15) is 0 Å². The van der Waals surface area contributed by atoms with Crippen LogP contribution in [0, 0.1) is 0 Å². The number of benzene rings is 5. The Bertz CT molecular complexity index is 1480. The molecular weight excluding hydrogens is 625 g/mol. The van der Waals surface area contributed by atoms with E-state index in [0.29, 0.717) is 10.5 Å². The van der Waals surface area contributed by atoms with Crippen LogP contribution in [0.5, 0.6) is 0 Å². The van der Waals surface area contributed by atoms with Crippen LogP contribution in [0.1, 0.15) is 6.42 Å². The first kappa shape index (κ1) is 27.6. The summed E-state index contributed by atoms with van der Waals surface area (Å²) >= 11 is 8.13. The number of rotatable bonds is 8. The molecule has 2 bridgehead atoms. The Morgan fingerprint density at radius 3 is 1.46 bits per heavy atom. The minimum atomic E-state index is -0.916. The fraction of sp³-hybridized carbons (Fsp3) is 0.167. The van der Waals surface area contributed by atoms with Crippen LogP contribution in [-0.4, -0.2) is 37.4 Å². The van der Waals surface area contributed by atoms with E-state index >= 15 is 0 Å². The molecule has 0 radical (unpaired) electrons. The van der Waals surface area contributed by atoms with Crippen LogP contribution in [-0.2, 0) is 4.74 Å². The van der Waals surface area contributed by atoms with E-state index in [1.165, 1.54) is 25.7 Å². The second kappa shape index (κ2) is 12.1. The quantitative estimate of drug-likeness (QED) is 0.105. The van der Waals surface area contributed by atoms with Crippen LogP contribution in [0.4, 0.5) is 0 Å². The molecule has 5 aromatic carbocycles. The molecule has 0 saturated carbocycles. The average Bonchev–Trinajstić information content (AvgIpc) is 3.54. The number of alkyl halides is 1. The number of hydrogen-bond acceptors (Lipinski definition) is 1. The molecule has 0 aliphatic carbocycles. The maximum absolute atomic E-state index is 7.91. The Morgan fingerprint density at radius 2 is 1.00 bits per heavy atom. The summed E-state index contributed by atoms with van der Waals surface area (Å²) in [6.45, 7) is 0. The van der Waals surface area contributed by atoms with Crippen molar-refractivity contribution in [1.82, 2.24) is 0 Å². The standard InChI is InChI=1S/C36H31ClOP2Se/c37-35-34(41-31-24-14-5-15-25-31)32-26-33(39(27-16-6-1-7-17-27)28-18-8-2-9-19-28)36(35,38-32)40(29-20-10-3-11-21-29)30-22-12-4-13-23-30/h1-25,32-35H,26H2/t32-,33+,34-,35+,36-/m0/s1. The van der Waals surface area contributed by atoms with Crippen molar-refractivity contribution in [3.05, 3.63) is 152 Å². The zero-order valence-electron chi connectivity index (χ0n) is 22.5. The second-order valence-corrected chi connectivity index (χ2v) is 18.4. The van der Waals surface area contributed by atoms with E-state index in [2.05, 4.69) is 152 Å². The molecule has 5 aromatic rings. The van der Waals surface area contributed by atoms with E-state index < -0.39 is 21.2 Å². The van der Waals surface area contributed by atoms with Gasteiger partial charge in [-0.25, -0.2) is 0 Å². The number of fused-ring (bicyclic) bond motifs is 2. The van der Waals surface area contributed by atoms with Gasteiger partial charge in [-0.3, -0.25) is 0 Å². The SMILES string of the molecule is Cl[C@@H]1[C@@H]([Se]c2ccccc2)[C@@H]2C[C@@H](P(c3ccccc3)c3ccccc3)[C@@]1(P(c1ccccc1)c1ccccc1)O2. The first-order valence-electron chi connectivity index (χ1n) is 14.1. The van der Waals surface area contributed by atoms with Gasteiger partial charge >= 0.3 is 258 Å². The molecule has 2 heterocycles. The van der Waals surface area contributed by atoms with E-state index in [1.54, 1.807) is 0 Å². The summed E-state index contributed by atoms with van der Waals surface area (Å²) in [6, 6.07) is 55.3. The van der Waals surface area contributed by atoms with Crippen molar-refractivity contribution in [3.63, 3.8) is 0 Å². The molecule has 0 spiro atoms. The first-order chi connectivity index (χ1) is 20.3. The summed E-state index contributed by atoms with van der Waals surface area (Å²) in [4.78, 5) is 0.323. The monoisotopic (exact) mass is 656 g/mol. The van der Waals surface area contributed by atoms with Crippen LogP contribution in [0.2, 0.25) is 4.82 Å². The van der Waals surface area contributed by atoms with Crippen molar-refractivity contribution in [3.8, 4) is 0 Å². The van der Waals surface area contributed by atoms with Crippen molar-refractivity contribution in [2.45, 2.75) is 33.7 Å². The Hall–Kier alpha value is -2.27. The van der Waals surface area contributed by atoms with E-state index in [9.17, 15) is 0 Å². The van der Waals surface area contributed by atoms with Gasteiger partial charge in [0.15, 0.2) is 0 Å². The van der Waals surface area contributed by atoms with Crippen molar-refractivity contribution in [2.24, 2.45) is 0 Å². The minimum absolute atomic E-state index is 0.0876. The molecule has 0 amide bonds. The van der Waals surface area contributed by atoms with E-state index in [4.69, 9.17) is 16.3 Å². The van der Waals surface area contributed by atoms with Gasteiger partial charge in [0, 0.05) is 0 Å². The summed E-state index contributed by atoms with van der Waals surface area (Å²) in [5.41, 5.74) is 0.296. The summed E-state index contributed by atoms with van der Waals surface area (Å²) < 4.78 is 8.89. The Balaban J connectivity index is 1.43. The van der Waals surface area contributed by atoms with Gasteiger partial charge in [0.25, 0.3) is 0 Å². The molecular formula is C36H31ClOP2Se. The molecule has 5 heteroatoms. The molecule has 5 atom stereocenters. The van der Waals surface area contributed by atoms with Crippen molar-refractivity contribution < 1.29 is 4.74 Å². The Morgan fingerprint density at radius 1 is 0.585 bits per heavy atom. The van der Waals surface area contributed by atoms with Gasteiger partial charge in [0.1, 0.15) is 0 Å². The van der Waals surface area contributed by atoms with Crippen molar-refractivity contribution >= 4 is 68.1 Å². The third kappa shape index (κ3) is 5.15. The van der Waals surface area contributed by atoms with Gasteiger partial charge in [-0.15, -0.1) is 0 Å². The molecule has 0 aromatic heterocycles. The number of halogens is 1. The third-order valence-corrected chi connectivity index (χ3v) is 18.3. The van der Waals surface area contributed by atoms with Crippen LogP contribution < -0.4 is 25.7 Å². The predicted molar refractivity (Wildman–Crippen MR) is 179 cm³/mol. The van der Waals surface area contributed by atoms with E-state index in [1.807, 2.05) is 0 Å². The molecule has 204 valence electrons. The zero-order chi connectivity index (χ0) is 27.6. The number of ether oxygens (including phenoxy) is 1. The maximum atomic E-state index is 7.91. The Labute approximate surface area is 257 Å². The molecule has 2 saturated heterocycles. The molecule has 0 N–H and O–H groups in total.